The van der Waals surface area contributed by atoms with Crippen molar-refractivity contribution in [2.75, 3.05) is 24.0 Å². The van der Waals surface area contributed by atoms with E-state index >= 15 is 0 Å². The molecule has 1 aliphatic heterocycles. The Kier molecular flexibility index (Phi) is 4.59. The van der Waals surface area contributed by atoms with Gasteiger partial charge in [0, 0.05) is 17.5 Å². The van der Waals surface area contributed by atoms with Gasteiger partial charge in [0.2, 0.25) is 0 Å². The Balaban J connectivity index is 1.69. The first-order valence-corrected chi connectivity index (χ1v) is 9.72. The molecule has 2 aromatic carbocycles. The minimum absolute atomic E-state index is 0.362. The van der Waals surface area contributed by atoms with Crippen molar-refractivity contribution in [2.24, 2.45) is 0 Å². The van der Waals surface area contributed by atoms with Crippen LogP contribution in [0, 0.1) is 5.82 Å². The summed E-state index contributed by atoms with van der Waals surface area (Å²) in [5.41, 5.74) is 3.67. The zero-order valence-electron chi connectivity index (χ0n) is 16.1. The summed E-state index contributed by atoms with van der Waals surface area (Å²) in [5, 5.41) is 4.71. The number of anilines is 2. The van der Waals surface area contributed by atoms with E-state index in [1.165, 1.54) is 18.5 Å². The van der Waals surface area contributed by atoms with Crippen molar-refractivity contribution >= 4 is 34.0 Å². The van der Waals surface area contributed by atoms with Crippen LogP contribution in [0.3, 0.4) is 0 Å². The molecule has 30 heavy (non-hydrogen) atoms. The Morgan fingerprint density at radius 2 is 2.13 bits per heavy atom. The number of aromatic nitrogens is 3. The molecule has 5 rings (SSSR count). The van der Waals surface area contributed by atoms with Crippen molar-refractivity contribution < 1.29 is 9.13 Å². The number of benzene rings is 2. The summed E-state index contributed by atoms with van der Waals surface area (Å²) in [6, 6.07) is 12.1. The number of hydrogen-bond donors (Lipinski definition) is 1. The van der Waals surface area contributed by atoms with E-state index in [0.29, 0.717) is 40.8 Å². The minimum Gasteiger partial charge on any atom is -0.496 e. The molecule has 1 N–H and O–H groups in total. The second-order valence-corrected chi connectivity index (χ2v) is 7.35. The van der Waals surface area contributed by atoms with Gasteiger partial charge in [0.25, 0.3) is 0 Å². The zero-order chi connectivity index (χ0) is 20.7. The van der Waals surface area contributed by atoms with Crippen LogP contribution in [-0.2, 0) is 6.54 Å². The first-order valence-electron chi connectivity index (χ1n) is 9.35. The van der Waals surface area contributed by atoms with E-state index in [1.807, 2.05) is 18.2 Å². The van der Waals surface area contributed by atoms with Gasteiger partial charge in [-0.25, -0.2) is 19.3 Å². The third-order valence-electron chi connectivity index (χ3n) is 5.12. The van der Waals surface area contributed by atoms with Gasteiger partial charge in [-0.1, -0.05) is 23.7 Å². The Morgan fingerprint density at radius 3 is 3.00 bits per heavy atom. The molecule has 0 bridgehead atoms. The molecule has 4 aromatic rings. The molecule has 3 heterocycles. The van der Waals surface area contributed by atoms with Crippen LogP contribution >= 0.6 is 11.6 Å². The summed E-state index contributed by atoms with van der Waals surface area (Å²) in [4.78, 5) is 15.3. The summed E-state index contributed by atoms with van der Waals surface area (Å²) in [6.45, 7) is 1.11. The number of ether oxygens (including phenoxy) is 1. The molecule has 2 aromatic heterocycles. The molecule has 150 valence electrons. The number of methoxy groups -OCH3 is 1. The van der Waals surface area contributed by atoms with Gasteiger partial charge >= 0.3 is 0 Å². The molecular weight excluding hydrogens is 405 g/mol. The van der Waals surface area contributed by atoms with Crippen LogP contribution < -0.4 is 15.0 Å². The summed E-state index contributed by atoms with van der Waals surface area (Å²) in [5.74, 6) is 0.964. The van der Waals surface area contributed by atoms with Gasteiger partial charge < -0.3 is 15.0 Å². The molecule has 0 aliphatic carbocycles. The molecule has 8 heteroatoms. The number of hydrogen-bond acceptors (Lipinski definition) is 6. The lowest BCUT2D eigenvalue weighted by molar-refractivity contribution is 0.415. The fraction of sp³-hybridized carbons (Fsp3) is 0.136. The number of fused-ring (bicyclic) bond motifs is 2. The molecule has 0 saturated heterocycles. The van der Waals surface area contributed by atoms with Crippen LogP contribution in [0.4, 0.5) is 15.9 Å². The number of nitrogens with zero attached hydrogens (tertiary/aromatic N) is 4. The highest BCUT2D eigenvalue weighted by molar-refractivity contribution is 6.35. The zero-order valence-corrected chi connectivity index (χ0v) is 16.8. The first-order chi connectivity index (χ1) is 14.6. The highest BCUT2D eigenvalue weighted by atomic mass is 35.5. The number of nitrogens with one attached hydrogen (secondary N) is 1. The van der Waals surface area contributed by atoms with E-state index < -0.39 is 0 Å². The van der Waals surface area contributed by atoms with Crippen molar-refractivity contribution in [1.29, 1.82) is 0 Å². The lowest BCUT2D eigenvalue weighted by atomic mass is 10.0. The highest BCUT2D eigenvalue weighted by Crippen LogP contribution is 2.37. The SMILES string of the molecule is COc1ccc(F)cc1-c1nc2c(Cl)cccc2cc1CN1CNc2ncncc21. The molecule has 0 amide bonds. The predicted molar refractivity (Wildman–Crippen MR) is 115 cm³/mol. The smallest absolute Gasteiger partial charge is 0.154 e. The molecule has 0 fully saturated rings. The van der Waals surface area contributed by atoms with Gasteiger partial charge in [0.05, 0.1) is 36.2 Å². The third kappa shape index (κ3) is 3.17. The van der Waals surface area contributed by atoms with E-state index in [1.54, 1.807) is 25.4 Å². The molecule has 6 nitrogen and oxygen atoms in total. The van der Waals surface area contributed by atoms with Crippen LogP contribution in [0.15, 0.2) is 55.0 Å². The van der Waals surface area contributed by atoms with Crippen LogP contribution in [0.25, 0.3) is 22.2 Å². The molecule has 0 atom stereocenters. The number of pyridine rings is 1. The molecule has 0 radical (unpaired) electrons. The third-order valence-corrected chi connectivity index (χ3v) is 5.43. The van der Waals surface area contributed by atoms with Gasteiger partial charge in [0.15, 0.2) is 5.82 Å². The summed E-state index contributed by atoms with van der Waals surface area (Å²) in [6.07, 6.45) is 3.29. The Labute approximate surface area is 177 Å². The molecule has 0 saturated carbocycles. The van der Waals surface area contributed by atoms with Crippen molar-refractivity contribution in [3.63, 3.8) is 0 Å². The second kappa shape index (κ2) is 7.42. The maximum Gasteiger partial charge on any atom is 0.154 e. The Hall–Kier alpha value is -3.45. The van der Waals surface area contributed by atoms with Crippen molar-refractivity contribution in [2.45, 2.75) is 6.54 Å². The molecule has 0 unspecified atom stereocenters. The van der Waals surface area contributed by atoms with Gasteiger partial charge in [0.1, 0.15) is 23.6 Å². The van der Waals surface area contributed by atoms with Crippen molar-refractivity contribution in [3.05, 3.63) is 71.4 Å². The van der Waals surface area contributed by atoms with E-state index in [0.717, 1.165) is 22.5 Å². The summed E-state index contributed by atoms with van der Waals surface area (Å²) < 4.78 is 19.6. The quantitative estimate of drug-likeness (QED) is 0.506. The highest BCUT2D eigenvalue weighted by Gasteiger charge is 2.23. The topological polar surface area (TPSA) is 63.2 Å². The van der Waals surface area contributed by atoms with Crippen LogP contribution in [0.1, 0.15) is 5.56 Å². The minimum atomic E-state index is -0.362. The summed E-state index contributed by atoms with van der Waals surface area (Å²) >= 11 is 6.41. The molecule has 0 spiro atoms. The fourth-order valence-corrected chi connectivity index (χ4v) is 3.94. The van der Waals surface area contributed by atoms with E-state index in [4.69, 9.17) is 21.3 Å². The van der Waals surface area contributed by atoms with Crippen LogP contribution in [0.2, 0.25) is 5.02 Å². The Morgan fingerprint density at radius 1 is 1.23 bits per heavy atom. The standard InChI is InChI=1S/C22H17ClFN5O/c1-30-19-6-5-15(24)8-16(19)20-14(7-13-3-2-4-17(23)21(13)28-20)10-29-12-27-22-18(29)9-25-11-26-22/h2-9,11H,10,12H2,1H3,(H,25,26,27). The van der Waals surface area contributed by atoms with Gasteiger partial charge in [-0.15, -0.1) is 0 Å². The van der Waals surface area contributed by atoms with Crippen LogP contribution in [0.5, 0.6) is 5.75 Å². The average molecular weight is 422 g/mol. The van der Waals surface area contributed by atoms with Gasteiger partial charge in [-0.2, -0.15) is 0 Å². The van der Waals surface area contributed by atoms with Gasteiger partial charge in [-0.3, -0.25) is 0 Å². The normalized spacial score (nSPS) is 12.7. The monoisotopic (exact) mass is 421 g/mol. The second-order valence-electron chi connectivity index (χ2n) is 6.94. The van der Waals surface area contributed by atoms with E-state index in [9.17, 15) is 4.39 Å². The van der Waals surface area contributed by atoms with E-state index in [-0.39, 0.29) is 5.82 Å². The van der Waals surface area contributed by atoms with Crippen LogP contribution in [-0.4, -0.2) is 28.7 Å². The predicted octanol–water partition coefficient (Wildman–Crippen LogP) is 4.88. The van der Waals surface area contributed by atoms with E-state index in [2.05, 4.69) is 20.2 Å². The fourth-order valence-electron chi connectivity index (χ4n) is 3.72. The summed E-state index contributed by atoms with van der Waals surface area (Å²) in [7, 11) is 1.56. The number of halogens is 2. The van der Waals surface area contributed by atoms with Crippen molar-refractivity contribution in [1.82, 2.24) is 15.0 Å². The lowest BCUT2D eigenvalue weighted by Gasteiger charge is -2.21. The maximum absolute atomic E-state index is 14.1. The van der Waals surface area contributed by atoms with Gasteiger partial charge in [-0.05, 0) is 35.9 Å². The largest absolute Gasteiger partial charge is 0.496 e. The molecule has 1 aliphatic rings. The number of para-hydroxylation sites is 1. The molecular formula is C22H17ClFN5O. The average Bonchev–Trinajstić information content (AvgIpc) is 3.16. The van der Waals surface area contributed by atoms with Crippen molar-refractivity contribution in [3.8, 4) is 17.0 Å². The lowest BCUT2D eigenvalue weighted by Crippen LogP contribution is -2.22. The first kappa shape index (κ1) is 18.6. The maximum atomic E-state index is 14.1. The Bertz CT molecular complexity index is 1270. The number of rotatable bonds is 4.